The van der Waals surface area contributed by atoms with Gasteiger partial charge in [-0.15, -0.1) is 0 Å². The molecule has 0 aliphatic carbocycles. The summed E-state index contributed by atoms with van der Waals surface area (Å²) in [7, 11) is 1.81. The zero-order valence-corrected chi connectivity index (χ0v) is 12.9. The van der Waals surface area contributed by atoms with E-state index in [1.807, 2.05) is 42.5 Å². The lowest BCUT2D eigenvalue weighted by atomic mass is 10.1. The molecule has 0 unspecified atom stereocenters. The minimum absolute atomic E-state index is 0.467. The Labute approximate surface area is 138 Å². The Bertz CT molecular complexity index is 943. The molecule has 0 atom stereocenters. The van der Waals surface area contributed by atoms with Crippen molar-refractivity contribution in [2.75, 3.05) is 12.4 Å². The molecular formula is C18H14N4O2. The highest BCUT2D eigenvalue weighted by Crippen LogP contribution is 2.27. The summed E-state index contributed by atoms with van der Waals surface area (Å²) in [6, 6.07) is 13.5. The largest absolute Gasteiger partial charge is 0.472 e. The Kier molecular flexibility index (Phi) is 3.55. The second-order valence-electron chi connectivity index (χ2n) is 5.16. The summed E-state index contributed by atoms with van der Waals surface area (Å²) in [5, 5.41) is 7.09. The van der Waals surface area contributed by atoms with E-state index < -0.39 is 0 Å². The van der Waals surface area contributed by atoms with E-state index in [0.29, 0.717) is 17.5 Å². The standard InChI is InChI=1S/C18H14N4O2/c1-19-16-15(3-2-9-20-16)17-21-18(24-22-17)13-6-4-12(5-7-13)14-8-10-23-11-14/h2-11H,1H3,(H,19,20). The van der Waals surface area contributed by atoms with Crippen molar-refractivity contribution in [1.29, 1.82) is 0 Å². The van der Waals surface area contributed by atoms with Crippen LogP contribution in [0.4, 0.5) is 5.82 Å². The fourth-order valence-corrected chi connectivity index (χ4v) is 2.47. The van der Waals surface area contributed by atoms with Crippen LogP contribution in [0.15, 0.2) is 70.1 Å². The number of hydrogen-bond donors (Lipinski definition) is 1. The third kappa shape index (κ3) is 2.54. The lowest BCUT2D eigenvalue weighted by Crippen LogP contribution is -1.95. The Hall–Kier alpha value is -3.41. The Balaban J connectivity index is 1.65. The first kappa shape index (κ1) is 14.2. The number of anilines is 1. The average Bonchev–Trinajstić information content (AvgIpc) is 3.34. The van der Waals surface area contributed by atoms with Crippen molar-refractivity contribution in [2.24, 2.45) is 0 Å². The molecule has 0 radical (unpaired) electrons. The van der Waals surface area contributed by atoms with Gasteiger partial charge in [-0.1, -0.05) is 17.3 Å². The molecule has 0 saturated carbocycles. The molecule has 6 nitrogen and oxygen atoms in total. The molecule has 0 aliphatic heterocycles. The van der Waals surface area contributed by atoms with Crippen molar-refractivity contribution in [3.8, 4) is 34.0 Å². The number of aromatic nitrogens is 3. The van der Waals surface area contributed by atoms with E-state index in [1.54, 1.807) is 25.8 Å². The second-order valence-corrected chi connectivity index (χ2v) is 5.16. The van der Waals surface area contributed by atoms with Gasteiger partial charge in [-0.05, 0) is 35.9 Å². The number of nitrogens with zero attached hydrogens (tertiary/aromatic N) is 3. The van der Waals surface area contributed by atoms with Crippen LogP contribution in [-0.2, 0) is 0 Å². The van der Waals surface area contributed by atoms with Gasteiger partial charge in [-0.3, -0.25) is 0 Å². The van der Waals surface area contributed by atoms with Gasteiger partial charge in [0.2, 0.25) is 5.82 Å². The second kappa shape index (κ2) is 6.00. The van der Waals surface area contributed by atoms with Crippen LogP contribution in [0.3, 0.4) is 0 Å². The van der Waals surface area contributed by atoms with Gasteiger partial charge in [-0.25, -0.2) is 4.98 Å². The minimum Gasteiger partial charge on any atom is -0.472 e. The van der Waals surface area contributed by atoms with Crippen molar-refractivity contribution in [1.82, 2.24) is 15.1 Å². The zero-order chi connectivity index (χ0) is 16.4. The summed E-state index contributed by atoms with van der Waals surface area (Å²) in [6.45, 7) is 0. The molecule has 6 heteroatoms. The molecule has 24 heavy (non-hydrogen) atoms. The van der Waals surface area contributed by atoms with Gasteiger partial charge < -0.3 is 14.3 Å². The average molecular weight is 318 g/mol. The van der Waals surface area contributed by atoms with E-state index in [2.05, 4.69) is 20.4 Å². The number of benzene rings is 1. The molecule has 4 rings (SSSR count). The highest BCUT2D eigenvalue weighted by molar-refractivity contribution is 5.71. The number of furan rings is 1. The van der Waals surface area contributed by atoms with Gasteiger partial charge in [0.25, 0.3) is 5.89 Å². The Morgan fingerprint density at radius 2 is 1.79 bits per heavy atom. The molecule has 0 bridgehead atoms. The van der Waals surface area contributed by atoms with Crippen LogP contribution in [0.25, 0.3) is 34.0 Å². The molecule has 1 N–H and O–H groups in total. The molecule has 3 aromatic heterocycles. The maximum Gasteiger partial charge on any atom is 0.258 e. The topological polar surface area (TPSA) is 77.0 Å². The van der Waals surface area contributed by atoms with E-state index in [1.165, 1.54) is 0 Å². The van der Waals surface area contributed by atoms with Gasteiger partial charge in [0.15, 0.2) is 0 Å². The van der Waals surface area contributed by atoms with Gasteiger partial charge in [0.05, 0.1) is 18.1 Å². The predicted molar refractivity (Wildman–Crippen MR) is 90.2 cm³/mol. The van der Waals surface area contributed by atoms with Crippen LogP contribution >= 0.6 is 0 Å². The number of nitrogens with one attached hydrogen (secondary N) is 1. The normalized spacial score (nSPS) is 10.7. The molecule has 0 saturated heterocycles. The summed E-state index contributed by atoms with van der Waals surface area (Å²) in [5.74, 6) is 1.68. The molecule has 0 spiro atoms. The lowest BCUT2D eigenvalue weighted by molar-refractivity contribution is 0.432. The predicted octanol–water partition coefficient (Wildman–Crippen LogP) is 4.10. The van der Waals surface area contributed by atoms with Crippen LogP contribution in [0.2, 0.25) is 0 Å². The first-order chi connectivity index (χ1) is 11.8. The summed E-state index contributed by atoms with van der Waals surface area (Å²) >= 11 is 0. The molecule has 0 fully saturated rings. The lowest BCUT2D eigenvalue weighted by Gasteiger charge is -2.02. The van der Waals surface area contributed by atoms with E-state index in [9.17, 15) is 0 Å². The third-order valence-corrected chi connectivity index (χ3v) is 3.70. The zero-order valence-electron chi connectivity index (χ0n) is 12.9. The molecule has 3 heterocycles. The van der Waals surface area contributed by atoms with E-state index in [4.69, 9.17) is 8.94 Å². The van der Waals surface area contributed by atoms with Crippen LogP contribution in [0.5, 0.6) is 0 Å². The van der Waals surface area contributed by atoms with Crippen molar-refractivity contribution >= 4 is 5.82 Å². The monoisotopic (exact) mass is 318 g/mol. The van der Waals surface area contributed by atoms with Gasteiger partial charge in [0.1, 0.15) is 5.82 Å². The van der Waals surface area contributed by atoms with E-state index >= 15 is 0 Å². The highest BCUT2D eigenvalue weighted by atomic mass is 16.5. The van der Waals surface area contributed by atoms with Crippen LogP contribution < -0.4 is 5.32 Å². The maximum absolute atomic E-state index is 5.40. The Morgan fingerprint density at radius 3 is 2.54 bits per heavy atom. The van der Waals surface area contributed by atoms with Gasteiger partial charge in [0, 0.05) is 24.4 Å². The molecule has 118 valence electrons. The highest BCUT2D eigenvalue weighted by Gasteiger charge is 2.14. The quantitative estimate of drug-likeness (QED) is 0.610. The van der Waals surface area contributed by atoms with Crippen LogP contribution in [0, 0.1) is 0 Å². The van der Waals surface area contributed by atoms with Gasteiger partial charge >= 0.3 is 0 Å². The molecule has 0 amide bonds. The van der Waals surface area contributed by atoms with Crippen molar-refractivity contribution in [3.63, 3.8) is 0 Å². The number of rotatable bonds is 4. The summed E-state index contributed by atoms with van der Waals surface area (Å²) in [5.41, 5.74) is 3.75. The molecule has 0 aliphatic rings. The van der Waals surface area contributed by atoms with E-state index in [-0.39, 0.29) is 0 Å². The van der Waals surface area contributed by atoms with Crippen LogP contribution in [0.1, 0.15) is 0 Å². The number of pyridine rings is 1. The Morgan fingerprint density at radius 1 is 0.958 bits per heavy atom. The minimum atomic E-state index is 0.467. The van der Waals surface area contributed by atoms with Crippen LogP contribution in [-0.4, -0.2) is 22.2 Å². The maximum atomic E-state index is 5.40. The fourth-order valence-electron chi connectivity index (χ4n) is 2.47. The first-order valence-corrected chi connectivity index (χ1v) is 7.45. The van der Waals surface area contributed by atoms with Gasteiger partial charge in [-0.2, -0.15) is 4.98 Å². The summed E-state index contributed by atoms with van der Waals surface area (Å²) in [6.07, 6.45) is 5.08. The molecule has 4 aromatic rings. The van der Waals surface area contributed by atoms with Crippen molar-refractivity contribution < 1.29 is 8.94 Å². The third-order valence-electron chi connectivity index (χ3n) is 3.70. The summed E-state index contributed by atoms with van der Waals surface area (Å²) in [4.78, 5) is 8.73. The molecular weight excluding hydrogens is 304 g/mol. The first-order valence-electron chi connectivity index (χ1n) is 7.45. The van der Waals surface area contributed by atoms with Crippen molar-refractivity contribution in [3.05, 3.63) is 61.2 Å². The fraction of sp³-hybridized carbons (Fsp3) is 0.0556. The smallest absolute Gasteiger partial charge is 0.258 e. The molecule has 1 aromatic carbocycles. The van der Waals surface area contributed by atoms with Crippen molar-refractivity contribution in [2.45, 2.75) is 0 Å². The SMILES string of the molecule is CNc1ncccc1-c1noc(-c2ccc(-c3ccoc3)cc2)n1. The summed E-state index contributed by atoms with van der Waals surface area (Å²) < 4.78 is 10.5. The van der Waals surface area contributed by atoms with E-state index in [0.717, 1.165) is 22.3 Å². The number of hydrogen-bond acceptors (Lipinski definition) is 6.